The highest BCUT2D eigenvalue weighted by Gasteiger charge is 2.16. The van der Waals surface area contributed by atoms with E-state index in [0.717, 1.165) is 5.56 Å². The van der Waals surface area contributed by atoms with Crippen molar-refractivity contribution in [2.24, 2.45) is 0 Å². The number of hydrogen-bond acceptors (Lipinski definition) is 4. The van der Waals surface area contributed by atoms with Gasteiger partial charge in [0, 0.05) is 19.0 Å². The molecule has 0 radical (unpaired) electrons. The number of carbonyl (C=O) groups excluding carboxylic acids is 2. The molecule has 1 N–H and O–H groups in total. The van der Waals surface area contributed by atoms with E-state index < -0.39 is 0 Å². The van der Waals surface area contributed by atoms with Crippen LogP contribution in [0, 0.1) is 0 Å². The first kappa shape index (κ1) is 19.8. The average molecular weight is 336 g/mol. The highest BCUT2D eigenvalue weighted by atomic mass is 16.5. The molecule has 0 aliphatic rings. The van der Waals surface area contributed by atoms with Gasteiger partial charge in [0.25, 0.3) is 0 Å². The second-order valence-corrected chi connectivity index (χ2v) is 5.82. The van der Waals surface area contributed by atoms with Crippen molar-refractivity contribution in [2.75, 3.05) is 27.3 Å². The van der Waals surface area contributed by atoms with Gasteiger partial charge in [0.1, 0.15) is 0 Å². The van der Waals surface area contributed by atoms with Crippen molar-refractivity contribution >= 4 is 11.8 Å². The van der Waals surface area contributed by atoms with E-state index in [1.165, 1.54) is 0 Å². The SMILES string of the molecule is CCN(CC(=O)NC(C)C)C(=O)CCc1ccc(OC)c(OC)c1. The third kappa shape index (κ3) is 6.10. The van der Waals surface area contributed by atoms with Gasteiger partial charge in [-0.1, -0.05) is 6.07 Å². The summed E-state index contributed by atoms with van der Waals surface area (Å²) in [7, 11) is 3.17. The largest absolute Gasteiger partial charge is 0.493 e. The lowest BCUT2D eigenvalue weighted by Gasteiger charge is -2.21. The molecule has 2 amide bonds. The smallest absolute Gasteiger partial charge is 0.239 e. The van der Waals surface area contributed by atoms with Crippen molar-refractivity contribution in [3.8, 4) is 11.5 Å². The second kappa shape index (κ2) is 9.80. The molecule has 0 heterocycles. The monoisotopic (exact) mass is 336 g/mol. The Labute approximate surface area is 144 Å². The third-order valence-electron chi connectivity index (χ3n) is 3.59. The van der Waals surface area contributed by atoms with Crippen LogP contribution in [0.15, 0.2) is 18.2 Å². The maximum absolute atomic E-state index is 12.3. The molecule has 0 aromatic heterocycles. The number of methoxy groups -OCH3 is 2. The molecule has 0 bridgehead atoms. The number of nitrogens with zero attached hydrogens (tertiary/aromatic N) is 1. The first-order valence-electron chi connectivity index (χ1n) is 8.19. The maximum atomic E-state index is 12.3. The van der Waals surface area contributed by atoms with Crippen LogP contribution in [0.25, 0.3) is 0 Å². The van der Waals surface area contributed by atoms with Crippen LogP contribution in [-0.2, 0) is 16.0 Å². The van der Waals surface area contributed by atoms with E-state index in [1.54, 1.807) is 19.1 Å². The molecule has 6 heteroatoms. The van der Waals surface area contributed by atoms with Crippen LogP contribution in [-0.4, -0.2) is 50.1 Å². The average Bonchev–Trinajstić information content (AvgIpc) is 2.56. The second-order valence-electron chi connectivity index (χ2n) is 5.82. The Morgan fingerprint density at radius 2 is 1.83 bits per heavy atom. The summed E-state index contributed by atoms with van der Waals surface area (Å²) in [6, 6.07) is 5.68. The number of hydrogen-bond donors (Lipinski definition) is 1. The van der Waals surface area contributed by atoms with Crippen LogP contribution in [0.2, 0.25) is 0 Å². The molecule has 24 heavy (non-hydrogen) atoms. The zero-order valence-corrected chi connectivity index (χ0v) is 15.2. The van der Waals surface area contributed by atoms with Crippen LogP contribution in [0.1, 0.15) is 32.8 Å². The number of ether oxygens (including phenoxy) is 2. The van der Waals surface area contributed by atoms with E-state index in [4.69, 9.17) is 9.47 Å². The Kier molecular flexibility index (Phi) is 8.09. The molecule has 0 unspecified atom stereocenters. The normalized spacial score (nSPS) is 10.4. The molecule has 0 aliphatic heterocycles. The zero-order chi connectivity index (χ0) is 18.1. The molecule has 0 saturated heterocycles. The lowest BCUT2D eigenvalue weighted by molar-refractivity contribution is -0.136. The van der Waals surface area contributed by atoms with E-state index >= 15 is 0 Å². The van der Waals surface area contributed by atoms with Crippen LogP contribution in [0.5, 0.6) is 11.5 Å². The molecule has 1 aromatic rings. The van der Waals surface area contributed by atoms with E-state index in [1.807, 2.05) is 39.0 Å². The Morgan fingerprint density at radius 3 is 2.38 bits per heavy atom. The van der Waals surface area contributed by atoms with Crippen molar-refractivity contribution in [3.05, 3.63) is 23.8 Å². The highest BCUT2D eigenvalue weighted by molar-refractivity contribution is 5.85. The number of benzene rings is 1. The summed E-state index contributed by atoms with van der Waals surface area (Å²) < 4.78 is 10.5. The zero-order valence-electron chi connectivity index (χ0n) is 15.2. The minimum absolute atomic E-state index is 0.0359. The molecular formula is C18H28N2O4. The molecular weight excluding hydrogens is 308 g/mol. The summed E-state index contributed by atoms with van der Waals surface area (Å²) in [5.74, 6) is 1.14. The maximum Gasteiger partial charge on any atom is 0.239 e. The fourth-order valence-electron chi connectivity index (χ4n) is 2.36. The summed E-state index contributed by atoms with van der Waals surface area (Å²) in [5, 5.41) is 2.80. The first-order chi connectivity index (χ1) is 11.4. The fourth-order valence-corrected chi connectivity index (χ4v) is 2.36. The van der Waals surface area contributed by atoms with E-state index in [2.05, 4.69) is 5.32 Å². The van der Waals surface area contributed by atoms with Crippen molar-refractivity contribution < 1.29 is 19.1 Å². The molecule has 1 rings (SSSR count). The summed E-state index contributed by atoms with van der Waals surface area (Å²) in [5.41, 5.74) is 0.990. The summed E-state index contributed by atoms with van der Waals surface area (Å²) in [6.07, 6.45) is 0.930. The lowest BCUT2D eigenvalue weighted by Crippen LogP contribution is -2.42. The van der Waals surface area contributed by atoms with E-state index in [-0.39, 0.29) is 24.4 Å². The molecule has 0 fully saturated rings. The first-order valence-corrected chi connectivity index (χ1v) is 8.19. The minimum atomic E-state index is -0.133. The molecule has 0 aliphatic carbocycles. The quantitative estimate of drug-likeness (QED) is 0.749. The van der Waals surface area contributed by atoms with Crippen LogP contribution in [0.3, 0.4) is 0 Å². The number of likely N-dealkylation sites (N-methyl/N-ethyl adjacent to an activating group) is 1. The van der Waals surface area contributed by atoms with Crippen molar-refractivity contribution in [1.29, 1.82) is 0 Å². The van der Waals surface area contributed by atoms with Gasteiger partial charge in [-0.05, 0) is 44.9 Å². The highest BCUT2D eigenvalue weighted by Crippen LogP contribution is 2.28. The minimum Gasteiger partial charge on any atom is -0.493 e. The number of nitrogens with one attached hydrogen (secondary N) is 1. The predicted molar refractivity (Wildman–Crippen MR) is 93.4 cm³/mol. The molecule has 0 saturated carbocycles. The molecule has 6 nitrogen and oxygen atoms in total. The number of aryl methyl sites for hydroxylation is 1. The van der Waals surface area contributed by atoms with Crippen molar-refractivity contribution in [2.45, 2.75) is 39.7 Å². The van der Waals surface area contributed by atoms with Gasteiger partial charge in [-0.25, -0.2) is 0 Å². The lowest BCUT2D eigenvalue weighted by atomic mass is 10.1. The van der Waals surface area contributed by atoms with Crippen LogP contribution < -0.4 is 14.8 Å². The number of carbonyl (C=O) groups is 2. The van der Waals surface area contributed by atoms with Crippen LogP contribution >= 0.6 is 0 Å². The summed E-state index contributed by atoms with van der Waals surface area (Å²) in [6.45, 7) is 6.27. The predicted octanol–water partition coefficient (Wildman–Crippen LogP) is 2.01. The Bertz CT molecular complexity index is 558. The topological polar surface area (TPSA) is 67.9 Å². The fraction of sp³-hybridized carbons (Fsp3) is 0.556. The van der Waals surface area contributed by atoms with Gasteiger partial charge in [-0.15, -0.1) is 0 Å². The third-order valence-corrected chi connectivity index (χ3v) is 3.59. The molecule has 1 aromatic carbocycles. The molecule has 134 valence electrons. The van der Waals surface area contributed by atoms with Crippen molar-refractivity contribution in [3.63, 3.8) is 0 Å². The Hall–Kier alpha value is -2.24. The number of rotatable bonds is 9. The summed E-state index contributed by atoms with van der Waals surface area (Å²) in [4.78, 5) is 25.7. The van der Waals surface area contributed by atoms with E-state index in [0.29, 0.717) is 30.9 Å². The molecule has 0 atom stereocenters. The van der Waals surface area contributed by atoms with Gasteiger partial charge in [0.2, 0.25) is 11.8 Å². The molecule has 0 spiro atoms. The van der Waals surface area contributed by atoms with Gasteiger partial charge >= 0.3 is 0 Å². The Balaban J connectivity index is 2.61. The van der Waals surface area contributed by atoms with Gasteiger partial charge in [-0.2, -0.15) is 0 Å². The Morgan fingerprint density at radius 1 is 1.17 bits per heavy atom. The van der Waals surface area contributed by atoms with Crippen LogP contribution in [0.4, 0.5) is 0 Å². The standard InChI is InChI=1S/C18H28N2O4/c1-6-20(12-17(21)19-13(2)3)18(22)10-8-14-7-9-15(23-4)16(11-14)24-5/h7,9,11,13H,6,8,10,12H2,1-5H3,(H,19,21). The van der Waals surface area contributed by atoms with Gasteiger partial charge in [0.05, 0.1) is 20.8 Å². The van der Waals surface area contributed by atoms with Gasteiger partial charge in [-0.3, -0.25) is 9.59 Å². The van der Waals surface area contributed by atoms with Gasteiger partial charge in [0.15, 0.2) is 11.5 Å². The number of amides is 2. The summed E-state index contributed by atoms with van der Waals surface area (Å²) >= 11 is 0. The van der Waals surface area contributed by atoms with Gasteiger partial charge < -0.3 is 19.7 Å². The van der Waals surface area contributed by atoms with Crippen molar-refractivity contribution in [1.82, 2.24) is 10.2 Å². The van der Waals surface area contributed by atoms with E-state index in [9.17, 15) is 9.59 Å².